The molecule has 106 valence electrons. The Kier molecular flexibility index (Phi) is 4.90. The highest BCUT2D eigenvalue weighted by atomic mass is 35.5. The lowest BCUT2D eigenvalue weighted by atomic mass is 10.2. The van der Waals surface area contributed by atoms with Gasteiger partial charge in [0.15, 0.2) is 0 Å². The van der Waals surface area contributed by atoms with E-state index in [-0.39, 0.29) is 5.92 Å². The van der Waals surface area contributed by atoms with Gasteiger partial charge in [-0.3, -0.25) is 4.98 Å². The smallest absolute Gasteiger partial charge is 0.137 e. The van der Waals surface area contributed by atoms with Gasteiger partial charge in [0.1, 0.15) is 16.8 Å². The fourth-order valence-corrected chi connectivity index (χ4v) is 1.99. The van der Waals surface area contributed by atoms with Crippen molar-refractivity contribution in [3.63, 3.8) is 0 Å². The van der Waals surface area contributed by atoms with Crippen molar-refractivity contribution in [3.8, 4) is 0 Å². The Balaban J connectivity index is 2.05. The number of hydrogen-bond donors (Lipinski definition) is 1. The van der Waals surface area contributed by atoms with Crippen molar-refractivity contribution >= 4 is 17.4 Å². The molecule has 1 N–H and O–H groups in total. The lowest BCUT2D eigenvalue weighted by Gasteiger charge is -2.12. The van der Waals surface area contributed by atoms with Crippen LogP contribution in [0.5, 0.6) is 0 Å². The number of pyridine rings is 1. The van der Waals surface area contributed by atoms with Gasteiger partial charge in [0.2, 0.25) is 0 Å². The van der Waals surface area contributed by atoms with Crippen LogP contribution in [0.3, 0.4) is 0 Å². The van der Waals surface area contributed by atoms with Gasteiger partial charge in [-0.1, -0.05) is 25.4 Å². The van der Waals surface area contributed by atoms with Crippen LogP contribution in [-0.4, -0.2) is 21.5 Å². The quantitative estimate of drug-likeness (QED) is 0.855. The van der Waals surface area contributed by atoms with E-state index in [0.717, 1.165) is 30.2 Å². The summed E-state index contributed by atoms with van der Waals surface area (Å²) in [6, 6.07) is 4.03. The minimum atomic E-state index is 0.258. The van der Waals surface area contributed by atoms with Crippen LogP contribution < -0.4 is 5.32 Å². The molecule has 5 heteroatoms. The van der Waals surface area contributed by atoms with Gasteiger partial charge in [0.25, 0.3) is 0 Å². The second-order valence-electron chi connectivity index (χ2n) is 5.03. The average molecular weight is 291 g/mol. The molecule has 0 bridgehead atoms. The Morgan fingerprint density at radius 2 is 1.90 bits per heavy atom. The van der Waals surface area contributed by atoms with E-state index in [0.29, 0.717) is 5.15 Å². The number of rotatable bonds is 5. The van der Waals surface area contributed by atoms with Crippen LogP contribution >= 0.6 is 11.6 Å². The number of nitrogens with zero attached hydrogens (tertiary/aromatic N) is 3. The van der Waals surface area contributed by atoms with Gasteiger partial charge < -0.3 is 5.32 Å². The number of nitrogens with one attached hydrogen (secondary N) is 1. The van der Waals surface area contributed by atoms with Crippen molar-refractivity contribution in [2.24, 2.45) is 0 Å². The molecule has 0 aliphatic rings. The van der Waals surface area contributed by atoms with Gasteiger partial charge in [-0.25, -0.2) is 9.97 Å². The van der Waals surface area contributed by atoms with Gasteiger partial charge in [-0.15, -0.1) is 0 Å². The third-order valence-corrected chi connectivity index (χ3v) is 3.44. The van der Waals surface area contributed by atoms with Crippen LogP contribution in [0, 0.1) is 6.92 Å². The zero-order valence-corrected chi connectivity index (χ0v) is 12.8. The van der Waals surface area contributed by atoms with Crippen LogP contribution in [0.15, 0.2) is 24.5 Å². The third-order valence-electron chi connectivity index (χ3n) is 3.08. The highest BCUT2D eigenvalue weighted by Gasteiger charge is 2.11. The standard InChI is InChI=1S/C15H19ClN4/c1-10(2)14-19-13(16)11(3)15(20-14)18-9-6-12-4-7-17-8-5-12/h4-5,7-8,10H,6,9H2,1-3H3,(H,18,19,20). The number of hydrogen-bond acceptors (Lipinski definition) is 4. The molecule has 0 amide bonds. The van der Waals surface area contributed by atoms with Gasteiger partial charge >= 0.3 is 0 Å². The van der Waals surface area contributed by atoms with E-state index in [1.807, 2.05) is 19.1 Å². The van der Waals surface area contributed by atoms with Gasteiger partial charge in [-0.2, -0.15) is 0 Å². The molecule has 0 saturated heterocycles. The first-order chi connectivity index (χ1) is 9.58. The molecule has 4 nitrogen and oxygen atoms in total. The second-order valence-corrected chi connectivity index (χ2v) is 5.39. The fraction of sp³-hybridized carbons (Fsp3) is 0.400. The Hall–Kier alpha value is -1.68. The van der Waals surface area contributed by atoms with E-state index < -0.39 is 0 Å². The number of anilines is 1. The van der Waals surface area contributed by atoms with Crippen molar-refractivity contribution in [2.75, 3.05) is 11.9 Å². The van der Waals surface area contributed by atoms with E-state index in [4.69, 9.17) is 11.6 Å². The Morgan fingerprint density at radius 3 is 2.55 bits per heavy atom. The Labute approximate surface area is 124 Å². The molecule has 2 rings (SSSR count). The maximum absolute atomic E-state index is 6.16. The van der Waals surface area contributed by atoms with Crippen molar-refractivity contribution in [1.29, 1.82) is 0 Å². The molecule has 20 heavy (non-hydrogen) atoms. The Bertz CT molecular complexity index is 570. The molecule has 0 aromatic carbocycles. The molecular weight excluding hydrogens is 272 g/mol. The molecule has 0 spiro atoms. The Morgan fingerprint density at radius 1 is 1.20 bits per heavy atom. The summed E-state index contributed by atoms with van der Waals surface area (Å²) in [5.41, 5.74) is 2.14. The van der Waals surface area contributed by atoms with E-state index >= 15 is 0 Å². The maximum Gasteiger partial charge on any atom is 0.137 e. The summed E-state index contributed by atoms with van der Waals surface area (Å²) in [7, 11) is 0. The van der Waals surface area contributed by atoms with Gasteiger partial charge in [0.05, 0.1) is 0 Å². The summed E-state index contributed by atoms with van der Waals surface area (Å²) in [6.07, 6.45) is 4.53. The van der Waals surface area contributed by atoms with Crippen LogP contribution in [0.4, 0.5) is 5.82 Å². The lowest BCUT2D eigenvalue weighted by Crippen LogP contribution is -2.11. The predicted octanol–water partition coefficient (Wildman–Crippen LogP) is 3.61. The minimum Gasteiger partial charge on any atom is -0.369 e. The van der Waals surface area contributed by atoms with Crippen LogP contribution in [0.1, 0.15) is 36.7 Å². The number of halogens is 1. The van der Waals surface area contributed by atoms with Crippen molar-refractivity contribution in [2.45, 2.75) is 33.1 Å². The normalized spacial score (nSPS) is 10.8. The van der Waals surface area contributed by atoms with E-state index in [9.17, 15) is 0 Å². The van der Waals surface area contributed by atoms with Crippen LogP contribution in [0.25, 0.3) is 0 Å². The molecule has 0 aliphatic carbocycles. The predicted molar refractivity (Wildman–Crippen MR) is 82.3 cm³/mol. The number of aromatic nitrogens is 3. The van der Waals surface area contributed by atoms with E-state index in [1.54, 1.807) is 12.4 Å². The summed E-state index contributed by atoms with van der Waals surface area (Å²) in [4.78, 5) is 12.9. The fourth-order valence-electron chi connectivity index (χ4n) is 1.81. The third kappa shape index (κ3) is 3.67. The second kappa shape index (κ2) is 6.66. The molecule has 0 radical (unpaired) electrons. The summed E-state index contributed by atoms with van der Waals surface area (Å²) in [5, 5.41) is 3.86. The highest BCUT2D eigenvalue weighted by molar-refractivity contribution is 6.30. The van der Waals surface area contributed by atoms with Crippen molar-refractivity contribution in [1.82, 2.24) is 15.0 Å². The largest absolute Gasteiger partial charge is 0.369 e. The van der Waals surface area contributed by atoms with E-state index in [1.165, 1.54) is 5.56 Å². The monoisotopic (exact) mass is 290 g/mol. The summed E-state index contributed by atoms with van der Waals surface area (Å²) in [5.74, 6) is 1.85. The zero-order chi connectivity index (χ0) is 14.5. The first-order valence-electron chi connectivity index (χ1n) is 6.74. The van der Waals surface area contributed by atoms with Crippen LogP contribution in [-0.2, 0) is 6.42 Å². The summed E-state index contributed by atoms with van der Waals surface area (Å²) < 4.78 is 0. The average Bonchev–Trinajstić information content (AvgIpc) is 2.44. The molecule has 2 heterocycles. The van der Waals surface area contributed by atoms with Crippen molar-refractivity contribution in [3.05, 3.63) is 46.6 Å². The van der Waals surface area contributed by atoms with Gasteiger partial charge in [-0.05, 0) is 31.0 Å². The maximum atomic E-state index is 6.16. The van der Waals surface area contributed by atoms with Crippen molar-refractivity contribution < 1.29 is 0 Å². The molecule has 0 saturated carbocycles. The summed E-state index contributed by atoms with van der Waals surface area (Å²) in [6.45, 7) is 6.85. The molecular formula is C15H19ClN4. The molecule has 0 aliphatic heterocycles. The zero-order valence-electron chi connectivity index (χ0n) is 12.0. The lowest BCUT2D eigenvalue weighted by molar-refractivity contribution is 0.771. The molecule has 0 fully saturated rings. The van der Waals surface area contributed by atoms with Gasteiger partial charge in [0, 0.05) is 30.4 Å². The molecule has 0 atom stereocenters. The minimum absolute atomic E-state index is 0.258. The topological polar surface area (TPSA) is 50.7 Å². The molecule has 2 aromatic heterocycles. The van der Waals surface area contributed by atoms with Crippen LogP contribution in [0.2, 0.25) is 5.15 Å². The SMILES string of the molecule is Cc1c(Cl)nc(C(C)C)nc1NCCc1ccncc1. The molecule has 0 unspecified atom stereocenters. The summed E-state index contributed by atoms with van der Waals surface area (Å²) >= 11 is 6.16. The molecule has 2 aromatic rings. The first-order valence-corrected chi connectivity index (χ1v) is 7.12. The first kappa shape index (κ1) is 14.7. The highest BCUT2D eigenvalue weighted by Crippen LogP contribution is 2.22. The van der Waals surface area contributed by atoms with E-state index in [2.05, 4.69) is 34.1 Å².